The van der Waals surface area contributed by atoms with Crippen LogP contribution in [0.2, 0.25) is 0 Å². The molecule has 17 amide bonds. The van der Waals surface area contributed by atoms with Crippen LogP contribution in [0.3, 0.4) is 0 Å². The number of hydrogen-bond donors (Lipinski definition) is 21. The first-order valence-electron chi connectivity index (χ1n) is 43.2. The Hall–Kier alpha value is -10.0. The maximum atomic E-state index is 14.9. The SMILES string of the molecule is CC[C@H](C)[C@@H]1NC(=O)[C@@H](NC(=O)[C@H](C)NC(=O)[C@H](Cc2ccccc2)NC(=O)[C@H](CC(C)C)NC(=O)CNC(C)=O)CSCc2ccc(cc2)CSC[C@@H](C(=O)N[C@@H](C)C(=O)N[C@@H](CO)C(=O)N[C@H](C(=O)N[C@H](C(=O)N[C@@H](CCCCN)C(=O)NCC(=O)N[C@@H](CC(C)C)C(N)=O)[C@@H](C)CC)C(C)C)NC(=O)[C@H](CCCCN)NC(=O)[C@H](CCCCN)NC1=O. The summed E-state index contributed by atoms with van der Waals surface area (Å²) >= 11 is 2.48. The van der Waals surface area contributed by atoms with E-state index in [1.54, 1.807) is 71.9 Å². The summed E-state index contributed by atoms with van der Waals surface area (Å²) in [5.41, 5.74) is 25.3. The van der Waals surface area contributed by atoms with Crippen molar-refractivity contribution in [3.8, 4) is 0 Å². The van der Waals surface area contributed by atoms with Gasteiger partial charge in [-0.3, -0.25) is 81.5 Å². The fourth-order valence-corrected chi connectivity index (χ4v) is 15.0. The summed E-state index contributed by atoms with van der Waals surface area (Å²) in [6, 6.07) is -2.67. The van der Waals surface area contributed by atoms with Crippen molar-refractivity contribution in [1.82, 2.24) is 85.1 Å². The van der Waals surface area contributed by atoms with E-state index in [-0.39, 0.29) is 93.0 Å². The Labute approximate surface area is 742 Å². The average Bonchev–Trinajstić information content (AvgIpc) is 1.29. The van der Waals surface area contributed by atoms with Crippen molar-refractivity contribution in [1.29, 1.82) is 0 Å². The second kappa shape index (κ2) is 58.3. The maximum Gasteiger partial charge on any atom is 0.245 e. The Kier molecular flexibility index (Phi) is 50.9. The van der Waals surface area contributed by atoms with Gasteiger partial charge in [-0.05, 0) is 150 Å². The molecule has 0 saturated carbocycles. The van der Waals surface area contributed by atoms with Gasteiger partial charge in [0.25, 0.3) is 0 Å². The number of primary amides is 1. The van der Waals surface area contributed by atoms with Crippen molar-refractivity contribution in [3.63, 3.8) is 0 Å². The van der Waals surface area contributed by atoms with E-state index in [4.69, 9.17) is 22.9 Å². The van der Waals surface area contributed by atoms with Crippen LogP contribution >= 0.6 is 23.5 Å². The molecular weight excluding hydrogens is 1650 g/mol. The number of amides is 17. The lowest BCUT2D eigenvalue weighted by atomic mass is 9.95. The largest absolute Gasteiger partial charge is 0.394 e. The van der Waals surface area contributed by atoms with Gasteiger partial charge in [0.05, 0.1) is 19.7 Å². The summed E-state index contributed by atoms with van der Waals surface area (Å²) in [6.45, 7) is 20.1. The van der Waals surface area contributed by atoms with Crippen LogP contribution in [0.25, 0.3) is 0 Å². The van der Waals surface area contributed by atoms with Crippen molar-refractivity contribution < 1.29 is 86.6 Å². The molecule has 25 N–H and O–H groups in total. The molecule has 125 heavy (non-hydrogen) atoms. The van der Waals surface area contributed by atoms with Crippen LogP contribution in [0.5, 0.6) is 0 Å². The van der Waals surface area contributed by atoms with Gasteiger partial charge in [0.2, 0.25) is 100 Å². The number of thioether (sulfide) groups is 2. The third-order valence-corrected chi connectivity index (χ3v) is 23.1. The summed E-state index contributed by atoms with van der Waals surface area (Å²) in [6.07, 6.45) is 3.39. The lowest BCUT2D eigenvalue weighted by Gasteiger charge is -2.30. The Morgan fingerprint density at radius 1 is 0.472 bits per heavy atom. The summed E-state index contributed by atoms with van der Waals surface area (Å²) in [4.78, 5) is 237. The van der Waals surface area contributed by atoms with E-state index >= 15 is 0 Å². The van der Waals surface area contributed by atoms with E-state index in [1.165, 1.54) is 44.3 Å². The second-order valence-electron chi connectivity index (χ2n) is 33.0. The molecule has 0 fully saturated rings. The molecule has 700 valence electrons. The number of hydrogen-bond acceptors (Lipinski definition) is 23. The number of carbonyl (C=O) groups is 17. The highest BCUT2D eigenvalue weighted by Crippen LogP contribution is 2.22. The highest BCUT2D eigenvalue weighted by Gasteiger charge is 2.40. The van der Waals surface area contributed by atoms with E-state index in [1.807, 2.05) is 52.0 Å². The molecule has 0 aliphatic carbocycles. The molecule has 2 aliphatic heterocycles. The maximum absolute atomic E-state index is 14.9. The molecule has 2 aromatic rings. The van der Waals surface area contributed by atoms with Gasteiger partial charge in [0.15, 0.2) is 0 Å². The van der Waals surface area contributed by atoms with Crippen LogP contribution in [0, 0.1) is 29.6 Å². The standard InChI is InChI=1S/C85H140N20O18S2/c1-14-50(9)70-84(122)98-60(29-21-24-36-88)76(114)96-59(28-20-23-35-87)77(115)102-65(81(119)93-52(11)73(111)100-64(42-106)80(118)103-69(49(7)8)83(121)105-71(51(10)15-2)85(123)97-58(27-19-22-34-86)75(113)91-41-68(109)94-61(72(89)110)37-47(3)4)45-124-43-56-30-32-57(33-31-56)44-125-46-66(82(120)104-70)101-74(112)53(12)92-78(116)63(39-55-25-17-16-18-26-55)99-79(117)62(38-48(5)6)95-67(108)40-90-54(13)107/h16-18,25-26,30-33,47-53,58-66,69-71,106H,14-15,19-24,27-29,34-46,86-88H2,1-13H3,(H2,89,110)(H,90,107)(H,91,113)(H,92,116)(H,93,119)(H,94,109)(H,95,108)(H,96,114)(H,97,123)(H,98,122)(H,99,117)(H,100,111)(H,101,112)(H,102,115)(H,103,118)(H,104,120)(H,105,121)/t50-,51-,52-,53-,58-,59-,60-,61-,62-,63-,64-,65-,66-,69-,70-,71-/m0/s1. The van der Waals surface area contributed by atoms with Gasteiger partial charge in [-0.15, -0.1) is 0 Å². The van der Waals surface area contributed by atoms with E-state index in [2.05, 4.69) is 85.1 Å². The van der Waals surface area contributed by atoms with Gasteiger partial charge in [-0.2, -0.15) is 23.5 Å². The molecular formula is C85H140N20O18S2. The molecule has 0 radical (unpaired) electrons. The lowest BCUT2D eigenvalue weighted by Crippen LogP contribution is -2.62. The summed E-state index contributed by atoms with van der Waals surface area (Å²) in [5.74, 6) is -14.9. The Bertz CT molecular complexity index is 3850. The van der Waals surface area contributed by atoms with Gasteiger partial charge in [0.1, 0.15) is 84.6 Å². The van der Waals surface area contributed by atoms with Gasteiger partial charge in [-0.25, -0.2) is 0 Å². The van der Waals surface area contributed by atoms with Crippen LogP contribution < -0.4 is 108 Å². The zero-order valence-electron chi connectivity index (χ0n) is 74.6. The zero-order chi connectivity index (χ0) is 93.6. The number of nitrogens with one attached hydrogen (secondary N) is 16. The topological polar surface area (TPSA) is 607 Å². The number of unbranched alkanes of at least 4 members (excludes halogenated alkanes) is 3. The Morgan fingerprint density at radius 2 is 0.960 bits per heavy atom. The van der Waals surface area contributed by atoms with Gasteiger partial charge < -0.3 is 113 Å². The molecule has 2 aliphatic rings. The highest BCUT2D eigenvalue weighted by molar-refractivity contribution is 7.98. The van der Waals surface area contributed by atoms with Crippen molar-refractivity contribution in [2.75, 3.05) is 50.8 Å². The summed E-state index contributed by atoms with van der Waals surface area (Å²) in [5, 5.41) is 53.0. The number of nitrogens with two attached hydrogens (primary N) is 4. The number of carbonyl (C=O) groups excluding carboxylic acids is 17. The van der Waals surface area contributed by atoms with Crippen molar-refractivity contribution in [3.05, 3.63) is 71.3 Å². The van der Waals surface area contributed by atoms with Crippen LogP contribution in [-0.2, 0) is 99.4 Å². The van der Waals surface area contributed by atoms with Crippen LogP contribution in [0.1, 0.15) is 190 Å². The van der Waals surface area contributed by atoms with Crippen LogP contribution in [-0.4, -0.2) is 241 Å². The molecule has 38 nitrogen and oxygen atoms in total. The molecule has 2 aromatic carbocycles. The number of rotatable bonds is 48. The minimum absolute atomic E-state index is 0.000166. The Balaban J connectivity index is 1.99. The van der Waals surface area contributed by atoms with E-state index in [0.29, 0.717) is 56.9 Å². The number of fused-ring (bicyclic) bond motifs is 20. The zero-order valence-corrected chi connectivity index (χ0v) is 76.3. The third kappa shape index (κ3) is 40.9. The third-order valence-electron chi connectivity index (χ3n) is 20.9. The first kappa shape index (κ1) is 109. The molecule has 0 saturated heterocycles. The average molecular weight is 1790 g/mol. The van der Waals surface area contributed by atoms with Crippen LogP contribution in [0.15, 0.2) is 54.6 Å². The minimum Gasteiger partial charge on any atom is -0.394 e. The fourth-order valence-electron chi connectivity index (χ4n) is 13.0. The van der Waals surface area contributed by atoms with Crippen molar-refractivity contribution >= 4 is 124 Å². The van der Waals surface area contributed by atoms with Crippen molar-refractivity contribution in [2.24, 2.45) is 52.5 Å². The molecule has 0 unspecified atom stereocenters. The van der Waals surface area contributed by atoms with Gasteiger partial charge in [0, 0.05) is 36.4 Å². The summed E-state index contributed by atoms with van der Waals surface area (Å²) in [7, 11) is 0. The lowest BCUT2D eigenvalue weighted by molar-refractivity contribution is -0.137. The molecule has 40 heteroatoms. The molecule has 0 spiro atoms. The summed E-state index contributed by atoms with van der Waals surface area (Å²) < 4.78 is 0. The number of aliphatic hydroxyl groups excluding tert-OH is 1. The first-order chi connectivity index (χ1) is 59.2. The smallest absolute Gasteiger partial charge is 0.245 e. The van der Waals surface area contributed by atoms with E-state index in [0.717, 1.165) is 11.1 Å². The quantitative estimate of drug-likeness (QED) is 0.0257. The highest BCUT2D eigenvalue weighted by atomic mass is 32.2. The second-order valence-corrected chi connectivity index (χ2v) is 35.0. The Morgan fingerprint density at radius 3 is 1.50 bits per heavy atom. The molecule has 0 aromatic heterocycles. The monoisotopic (exact) mass is 1790 g/mol. The molecule has 2 bridgehead atoms. The van der Waals surface area contributed by atoms with Gasteiger partial charge in [-0.1, -0.05) is 137 Å². The molecule has 16 atom stereocenters. The minimum atomic E-state index is -1.73. The molecule has 4 rings (SSSR count). The fraction of sp³-hybridized carbons (Fsp3) is 0.659. The predicted molar refractivity (Wildman–Crippen MR) is 477 cm³/mol. The normalized spacial score (nSPS) is 18.8. The van der Waals surface area contributed by atoms with E-state index < -0.39 is 222 Å². The van der Waals surface area contributed by atoms with Gasteiger partial charge >= 0.3 is 0 Å². The first-order valence-corrected chi connectivity index (χ1v) is 45.5. The molecule has 2 heterocycles. The predicted octanol–water partition coefficient (Wildman–Crippen LogP) is -1.81. The van der Waals surface area contributed by atoms with Crippen LogP contribution in [0.4, 0.5) is 0 Å². The van der Waals surface area contributed by atoms with Crippen molar-refractivity contribution in [2.45, 2.75) is 276 Å². The van der Waals surface area contributed by atoms with E-state index in [9.17, 15) is 86.6 Å². The number of benzene rings is 2. The number of aliphatic hydroxyl groups is 1.